The summed E-state index contributed by atoms with van der Waals surface area (Å²) in [7, 11) is -4.10. The van der Waals surface area contributed by atoms with E-state index in [1.807, 2.05) is 5.92 Å². The van der Waals surface area contributed by atoms with Crippen LogP contribution in [0.2, 0.25) is 0 Å². The highest BCUT2D eigenvalue weighted by atomic mass is 32.2. The van der Waals surface area contributed by atoms with E-state index in [9.17, 15) is 8.42 Å². The van der Waals surface area contributed by atoms with Crippen molar-refractivity contribution >= 4 is 10.1 Å². The smallest absolute Gasteiger partial charge is 0.281 e. The van der Waals surface area contributed by atoms with Gasteiger partial charge in [0.25, 0.3) is 10.1 Å². The Bertz CT molecular complexity index is 247. The second-order valence-electron chi connectivity index (χ2n) is 2.20. The predicted octanol–water partition coefficient (Wildman–Crippen LogP) is 0.676. The van der Waals surface area contributed by atoms with Gasteiger partial charge in [0.15, 0.2) is 4.75 Å². The maximum Gasteiger partial charge on any atom is 0.281 e. The monoisotopic (exact) mass is 162 g/mol. The minimum atomic E-state index is -4.10. The zero-order chi connectivity index (χ0) is 8.41. The Kier molecular flexibility index (Phi) is 2.47. The minimum Gasteiger partial charge on any atom is -0.284 e. The van der Waals surface area contributed by atoms with Crippen LogP contribution in [0.4, 0.5) is 0 Å². The molecule has 0 fully saturated rings. The molecule has 0 aromatic rings. The molecule has 10 heavy (non-hydrogen) atoms. The molecule has 58 valence electrons. The van der Waals surface area contributed by atoms with Gasteiger partial charge in [-0.1, -0.05) is 12.8 Å². The fraction of sp³-hybridized carbons (Fsp3) is 0.667. The van der Waals surface area contributed by atoms with Crippen molar-refractivity contribution in [2.45, 2.75) is 25.0 Å². The minimum absolute atomic E-state index is 0.211. The van der Waals surface area contributed by atoms with Crippen LogP contribution in [-0.2, 0) is 10.1 Å². The molecule has 0 saturated carbocycles. The van der Waals surface area contributed by atoms with Crippen molar-refractivity contribution in [1.82, 2.24) is 0 Å². The van der Waals surface area contributed by atoms with Gasteiger partial charge in [-0.05, 0) is 13.3 Å². The van der Waals surface area contributed by atoms with Crippen LogP contribution >= 0.6 is 0 Å². The van der Waals surface area contributed by atoms with E-state index < -0.39 is 14.9 Å². The zero-order valence-electron chi connectivity index (χ0n) is 5.96. The molecule has 0 saturated heterocycles. The van der Waals surface area contributed by atoms with Crippen molar-refractivity contribution in [1.29, 1.82) is 0 Å². The lowest BCUT2D eigenvalue weighted by Crippen LogP contribution is -2.32. The summed E-state index contributed by atoms with van der Waals surface area (Å²) in [6.07, 6.45) is 5.13. The molecule has 0 aliphatic carbocycles. The number of hydrogen-bond acceptors (Lipinski definition) is 2. The third kappa shape index (κ3) is 1.49. The molecule has 0 bridgehead atoms. The highest BCUT2D eigenvalue weighted by Crippen LogP contribution is 2.17. The van der Waals surface area contributed by atoms with Crippen molar-refractivity contribution in [3.63, 3.8) is 0 Å². The third-order valence-corrected chi connectivity index (χ3v) is 3.09. The molecule has 1 unspecified atom stereocenters. The van der Waals surface area contributed by atoms with Gasteiger partial charge >= 0.3 is 0 Å². The van der Waals surface area contributed by atoms with E-state index in [2.05, 4.69) is 0 Å². The van der Waals surface area contributed by atoms with E-state index in [1.54, 1.807) is 6.92 Å². The average Bonchev–Trinajstić information content (AvgIpc) is 1.84. The number of hydrogen-bond donors (Lipinski definition) is 1. The molecule has 0 aromatic heterocycles. The largest absolute Gasteiger partial charge is 0.284 e. The molecule has 1 N–H and O–H groups in total. The highest BCUT2D eigenvalue weighted by Gasteiger charge is 2.33. The molecule has 1 atom stereocenters. The van der Waals surface area contributed by atoms with Gasteiger partial charge in [-0.2, -0.15) is 8.42 Å². The summed E-state index contributed by atoms with van der Waals surface area (Å²) >= 11 is 0. The highest BCUT2D eigenvalue weighted by molar-refractivity contribution is 7.87. The van der Waals surface area contributed by atoms with E-state index in [0.29, 0.717) is 0 Å². The summed E-state index contributed by atoms with van der Waals surface area (Å²) in [5.41, 5.74) is 0. The van der Waals surface area contributed by atoms with Crippen LogP contribution in [-0.4, -0.2) is 17.7 Å². The summed E-state index contributed by atoms with van der Waals surface area (Å²) in [6.45, 7) is 2.91. The summed E-state index contributed by atoms with van der Waals surface area (Å²) in [6, 6.07) is 0. The summed E-state index contributed by atoms with van der Waals surface area (Å²) < 4.78 is 28.2. The standard InChI is InChI=1S/C6H10O3S/c1-4-6(3,5-2)10(7,8)9/h1H,5H2,2-3H3,(H,7,8,9). The van der Waals surface area contributed by atoms with Crippen LogP contribution in [0, 0.1) is 12.3 Å². The molecule has 0 radical (unpaired) electrons. The van der Waals surface area contributed by atoms with Crippen molar-refractivity contribution in [3.8, 4) is 12.3 Å². The molecule has 0 rings (SSSR count). The van der Waals surface area contributed by atoms with E-state index in [-0.39, 0.29) is 6.42 Å². The molecule has 0 heterocycles. The maximum atomic E-state index is 10.5. The molecular weight excluding hydrogens is 152 g/mol. The van der Waals surface area contributed by atoms with Crippen LogP contribution in [0.5, 0.6) is 0 Å². The van der Waals surface area contributed by atoms with Crippen LogP contribution in [0.15, 0.2) is 0 Å². The van der Waals surface area contributed by atoms with Crippen molar-refractivity contribution in [2.75, 3.05) is 0 Å². The van der Waals surface area contributed by atoms with Gasteiger partial charge in [-0.15, -0.1) is 6.42 Å². The molecule has 0 spiro atoms. The van der Waals surface area contributed by atoms with Crippen LogP contribution < -0.4 is 0 Å². The van der Waals surface area contributed by atoms with Gasteiger partial charge in [0, 0.05) is 0 Å². The Balaban J connectivity index is 4.92. The van der Waals surface area contributed by atoms with Crippen LogP contribution in [0.3, 0.4) is 0 Å². The van der Waals surface area contributed by atoms with E-state index in [0.717, 1.165) is 0 Å². The topological polar surface area (TPSA) is 54.4 Å². The predicted molar refractivity (Wildman–Crippen MR) is 39.1 cm³/mol. The van der Waals surface area contributed by atoms with Gasteiger partial charge in [0.05, 0.1) is 0 Å². The fourth-order valence-corrected chi connectivity index (χ4v) is 0.873. The Labute approximate surface area is 61.2 Å². The summed E-state index contributed by atoms with van der Waals surface area (Å²) in [4.78, 5) is 0. The van der Waals surface area contributed by atoms with Crippen LogP contribution in [0.1, 0.15) is 20.3 Å². The lowest BCUT2D eigenvalue weighted by atomic mass is 10.1. The molecule has 0 aliphatic heterocycles. The normalized spacial score (nSPS) is 17.4. The molecule has 0 amide bonds. The third-order valence-electron chi connectivity index (χ3n) is 1.55. The molecular formula is C6H10O3S. The molecule has 0 aromatic carbocycles. The molecule has 0 aliphatic rings. The molecule has 4 heteroatoms. The number of terminal acetylenes is 1. The van der Waals surface area contributed by atoms with Gasteiger partial charge in [0.2, 0.25) is 0 Å². The lowest BCUT2D eigenvalue weighted by Gasteiger charge is -2.16. The van der Waals surface area contributed by atoms with E-state index in [1.165, 1.54) is 6.92 Å². The summed E-state index contributed by atoms with van der Waals surface area (Å²) in [5.74, 6) is 2.03. The Morgan fingerprint density at radius 3 is 2.10 bits per heavy atom. The lowest BCUT2D eigenvalue weighted by molar-refractivity contribution is 0.453. The first kappa shape index (κ1) is 9.47. The van der Waals surface area contributed by atoms with Gasteiger partial charge in [-0.25, -0.2) is 0 Å². The van der Waals surface area contributed by atoms with Crippen LogP contribution in [0.25, 0.3) is 0 Å². The Morgan fingerprint density at radius 2 is 2.10 bits per heavy atom. The quantitative estimate of drug-likeness (QED) is 0.479. The van der Waals surface area contributed by atoms with Gasteiger partial charge < -0.3 is 0 Å². The van der Waals surface area contributed by atoms with Crippen molar-refractivity contribution in [3.05, 3.63) is 0 Å². The fourth-order valence-electron chi connectivity index (χ4n) is 0.359. The first-order valence-electron chi connectivity index (χ1n) is 2.82. The Hall–Kier alpha value is -0.530. The van der Waals surface area contributed by atoms with Crippen molar-refractivity contribution in [2.24, 2.45) is 0 Å². The molecule has 3 nitrogen and oxygen atoms in total. The summed E-state index contributed by atoms with van der Waals surface area (Å²) in [5, 5.41) is 0. The zero-order valence-corrected chi connectivity index (χ0v) is 6.77. The van der Waals surface area contributed by atoms with Gasteiger partial charge in [0.1, 0.15) is 0 Å². The Morgan fingerprint density at radius 1 is 1.70 bits per heavy atom. The first-order valence-corrected chi connectivity index (χ1v) is 4.26. The second-order valence-corrected chi connectivity index (χ2v) is 4.05. The SMILES string of the molecule is C#CC(C)(CC)S(=O)(=O)O. The maximum absolute atomic E-state index is 10.5. The first-order chi connectivity index (χ1) is 4.37. The van der Waals surface area contributed by atoms with E-state index in [4.69, 9.17) is 11.0 Å². The second kappa shape index (κ2) is 2.60. The average molecular weight is 162 g/mol. The van der Waals surface area contributed by atoms with E-state index >= 15 is 0 Å². The van der Waals surface area contributed by atoms with Gasteiger partial charge in [-0.3, -0.25) is 4.55 Å². The number of rotatable bonds is 2. The van der Waals surface area contributed by atoms with Crippen molar-refractivity contribution < 1.29 is 13.0 Å².